The molecule has 3 rings (SSSR count). The Morgan fingerprint density at radius 1 is 0.968 bits per heavy atom. The smallest absolute Gasteiger partial charge is 0.338 e. The summed E-state index contributed by atoms with van der Waals surface area (Å²) >= 11 is 0. The molecular formula is C22H22N2O7. The second-order valence-corrected chi connectivity index (χ2v) is 6.77. The molecule has 1 aliphatic rings. The molecule has 1 aliphatic heterocycles. The fourth-order valence-electron chi connectivity index (χ4n) is 3.04. The second-order valence-electron chi connectivity index (χ2n) is 6.77. The number of ether oxygens (including phenoxy) is 3. The number of esters is 1. The molecule has 0 spiro atoms. The van der Waals surface area contributed by atoms with Gasteiger partial charge in [-0.05, 0) is 43.3 Å². The van der Waals surface area contributed by atoms with Crippen LogP contribution in [0.1, 0.15) is 30.1 Å². The summed E-state index contributed by atoms with van der Waals surface area (Å²) < 4.78 is 15.6. The number of nitrogens with zero attached hydrogens (tertiary/aromatic N) is 1. The van der Waals surface area contributed by atoms with Crippen LogP contribution in [0.3, 0.4) is 0 Å². The lowest BCUT2D eigenvalue weighted by Gasteiger charge is -2.16. The van der Waals surface area contributed by atoms with Crippen LogP contribution in [0.5, 0.6) is 11.5 Å². The Hall–Kier alpha value is -3.88. The Bertz CT molecular complexity index is 1000. The van der Waals surface area contributed by atoms with Crippen LogP contribution < -0.4 is 19.7 Å². The third-order valence-electron chi connectivity index (χ3n) is 4.73. The van der Waals surface area contributed by atoms with Gasteiger partial charge in [0.1, 0.15) is 11.5 Å². The monoisotopic (exact) mass is 426 g/mol. The molecule has 1 atom stereocenters. The summed E-state index contributed by atoms with van der Waals surface area (Å²) in [7, 11) is 2.96. The van der Waals surface area contributed by atoms with Gasteiger partial charge in [0.15, 0.2) is 6.10 Å². The van der Waals surface area contributed by atoms with Gasteiger partial charge in [0.2, 0.25) is 11.8 Å². The molecule has 0 radical (unpaired) electrons. The van der Waals surface area contributed by atoms with E-state index in [4.69, 9.17) is 14.2 Å². The molecule has 1 fully saturated rings. The van der Waals surface area contributed by atoms with E-state index in [0.717, 1.165) is 4.90 Å². The van der Waals surface area contributed by atoms with Crippen LogP contribution in [0.25, 0.3) is 0 Å². The number of carbonyl (C=O) groups is 4. The summed E-state index contributed by atoms with van der Waals surface area (Å²) in [5.74, 6) is -0.877. The second kappa shape index (κ2) is 9.29. The number of imide groups is 1. The molecule has 9 heteroatoms. The zero-order valence-corrected chi connectivity index (χ0v) is 17.3. The van der Waals surface area contributed by atoms with Gasteiger partial charge in [0.25, 0.3) is 5.91 Å². The van der Waals surface area contributed by atoms with Gasteiger partial charge >= 0.3 is 5.97 Å². The van der Waals surface area contributed by atoms with Gasteiger partial charge in [-0.2, -0.15) is 0 Å². The highest BCUT2D eigenvalue weighted by atomic mass is 16.5. The molecule has 2 aromatic rings. The molecular weight excluding hydrogens is 404 g/mol. The molecule has 0 bridgehead atoms. The maximum atomic E-state index is 12.5. The molecule has 1 N–H and O–H groups in total. The lowest BCUT2D eigenvalue weighted by Crippen LogP contribution is -2.30. The van der Waals surface area contributed by atoms with Crippen molar-refractivity contribution in [3.05, 3.63) is 48.0 Å². The lowest BCUT2D eigenvalue weighted by molar-refractivity contribution is -0.124. The predicted molar refractivity (Wildman–Crippen MR) is 111 cm³/mol. The van der Waals surface area contributed by atoms with Crippen molar-refractivity contribution in [2.45, 2.75) is 25.9 Å². The van der Waals surface area contributed by atoms with E-state index < -0.39 is 18.0 Å². The van der Waals surface area contributed by atoms with Gasteiger partial charge in [-0.15, -0.1) is 0 Å². The van der Waals surface area contributed by atoms with Gasteiger partial charge in [-0.1, -0.05) is 0 Å². The number of hydrogen-bond donors (Lipinski definition) is 1. The van der Waals surface area contributed by atoms with Gasteiger partial charge in [0.05, 0.1) is 31.2 Å². The van der Waals surface area contributed by atoms with Crippen molar-refractivity contribution < 1.29 is 33.4 Å². The Kier molecular flexibility index (Phi) is 6.54. The third kappa shape index (κ3) is 4.82. The first-order valence-corrected chi connectivity index (χ1v) is 9.53. The Labute approximate surface area is 178 Å². The highest BCUT2D eigenvalue weighted by Crippen LogP contribution is 2.29. The van der Waals surface area contributed by atoms with E-state index in [1.54, 1.807) is 18.2 Å². The summed E-state index contributed by atoms with van der Waals surface area (Å²) in [5, 5.41) is 2.65. The summed E-state index contributed by atoms with van der Waals surface area (Å²) in [5.41, 5.74) is 0.945. The normalized spacial score (nSPS) is 14.2. The number of hydrogen-bond acceptors (Lipinski definition) is 7. The predicted octanol–water partition coefficient (Wildman–Crippen LogP) is 2.54. The van der Waals surface area contributed by atoms with E-state index in [-0.39, 0.29) is 30.2 Å². The number of methoxy groups -OCH3 is 2. The number of amides is 3. The van der Waals surface area contributed by atoms with E-state index >= 15 is 0 Å². The number of benzene rings is 2. The molecule has 31 heavy (non-hydrogen) atoms. The summed E-state index contributed by atoms with van der Waals surface area (Å²) in [6.45, 7) is 1.44. The maximum Gasteiger partial charge on any atom is 0.338 e. The Morgan fingerprint density at radius 2 is 1.61 bits per heavy atom. The largest absolute Gasteiger partial charge is 0.497 e. The highest BCUT2D eigenvalue weighted by molar-refractivity contribution is 6.19. The van der Waals surface area contributed by atoms with Crippen molar-refractivity contribution >= 4 is 35.1 Å². The van der Waals surface area contributed by atoms with E-state index in [2.05, 4.69) is 5.32 Å². The minimum Gasteiger partial charge on any atom is -0.497 e. The first-order chi connectivity index (χ1) is 14.8. The van der Waals surface area contributed by atoms with Crippen LogP contribution in [0, 0.1) is 0 Å². The van der Waals surface area contributed by atoms with Gasteiger partial charge in [-0.3, -0.25) is 19.3 Å². The number of carbonyl (C=O) groups excluding carboxylic acids is 4. The van der Waals surface area contributed by atoms with Crippen molar-refractivity contribution in [2.24, 2.45) is 0 Å². The number of anilines is 2. The van der Waals surface area contributed by atoms with Crippen molar-refractivity contribution in [2.75, 3.05) is 24.4 Å². The molecule has 0 saturated carbocycles. The minimum absolute atomic E-state index is 0.174. The van der Waals surface area contributed by atoms with Gasteiger partial charge in [0, 0.05) is 18.9 Å². The molecule has 2 aromatic carbocycles. The zero-order chi connectivity index (χ0) is 22.5. The average Bonchev–Trinajstić information content (AvgIpc) is 3.11. The van der Waals surface area contributed by atoms with E-state index in [1.807, 2.05) is 0 Å². The Morgan fingerprint density at radius 3 is 2.19 bits per heavy atom. The molecule has 0 unspecified atom stereocenters. The average molecular weight is 426 g/mol. The number of nitrogens with one attached hydrogen (secondary N) is 1. The van der Waals surface area contributed by atoms with Crippen LogP contribution in [0.4, 0.5) is 11.4 Å². The Balaban J connectivity index is 1.64. The van der Waals surface area contributed by atoms with Crippen molar-refractivity contribution in [3.8, 4) is 11.5 Å². The number of rotatable bonds is 7. The van der Waals surface area contributed by atoms with E-state index in [9.17, 15) is 19.2 Å². The SMILES string of the molecule is COc1ccc(OC)c(NC(=O)[C@H](C)OC(=O)c2ccc(N3C(=O)CCC3=O)cc2)c1. The highest BCUT2D eigenvalue weighted by Gasteiger charge is 2.30. The molecule has 1 heterocycles. The quantitative estimate of drug-likeness (QED) is 0.535. The van der Waals surface area contributed by atoms with Crippen LogP contribution >= 0.6 is 0 Å². The van der Waals surface area contributed by atoms with Crippen LogP contribution in [0.2, 0.25) is 0 Å². The van der Waals surface area contributed by atoms with E-state index in [0.29, 0.717) is 22.9 Å². The fourth-order valence-corrected chi connectivity index (χ4v) is 3.04. The van der Waals surface area contributed by atoms with Crippen LogP contribution in [-0.4, -0.2) is 44.0 Å². The molecule has 0 aromatic heterocycles. The molecule has 0 aliphatic carbocycles. The van der Waals surface area contributed by atoms with E-state index in [1.165, 1.54) is 45.4 Å². The summed E-state index contributed by atoms with van der Waals surface area (Å²) in [6, 6.07) is 10.8. The summed E-state index contributed by atoms with van der Waals surface area (Å²) in [6.07, 6.45) is -0.745. The molecule has 9 nitrogen and oxygen atoms in total. The van der Waals surface area contributed by atoms with Gasteiger partial charge < -0.3 is 19.5 Å². The molecule has 3 amide bonds. The first kappa shape index (κ1) is 21.8. The molecule has 162 valence electrons. The van der Waals surface area contributed by atoms with Crippen LogP contribution in [-0.2, 0) is 19.1 Å². The van der Waals surface area contributed by atoms with Crippen molar-refractivity contribution in [1.82, 2.24) is 0 Å². The van der Waals surface area contributed by atoms with Crippen molar-refractivity contribution in [3.63, 3.8) is 0 Å². The lowest BCUT2D eigenvalue weighted by atomic mass is 10.2. The standard InChI is InChI=1S/C22H22N2O7/c1-13(21(27)23-17-12-16(29-2)8-9-18(17)30-3)31-22(28)14-4-6-15(7-5-14)24-19(25)10-11-20(24)26/h4-9,12-13H,10-11H2,1-3H3,(H,23,27)/t13-/m0/s1. The third-order valence-corrected chi connectivity index (χ3v) is 4.73. The maximum absolute atomic E-state index is 12.5. The topological polar surface area (TPSA) is 111 Å². The molecule has 1 saturated heterocycles. The van der Waals surface area contributed by atoms with Crippen molar-refractivity contribution in [1.29, 1.82) is 0 Å². The van der Waals surface area contributed by atoms with Gasteiger partial charge in [-0.25, -0.2) is 4.79 Å². The first-order valence-electron chi connectivity index (χ1n) is 9.53. The fraction of sp³-hybridized carbons (Fsp3) is 0.273. The summed E-state index contributed by atoms with van der Waals surface area (Å²) in [4.78, 5) is 49.6. The van der Waals surface area contributed by atoms with Crippen LogP contribution in [0.15, 0.2) is 42.5 Å². The minimum atomic E-state index is -1.09. The zero-order valence-electron chi connectivity index (χ0n) is 17.3.